The maximum atomic E-state index is 12.8. The highest BCUT2D eigenvalue weighted by atomic mass is 16.6. The van der Waals surface area contributed by atoms with Crippen LogP contribution in [0, 0.1) is 0 Å². The Hall–Kier alpha value is -2.61. The second-order valence-corrected chi connectivity index (χ2v) is 8.18. The van der Waals surface area contributed by atoms with Crippen molar-refractivity contribution in [2.75, 3.05) is 32.8 Å². The van der Waals surface area contributed by atoms with Gasteiger partial charge in [0.2, 0.25) is 5.91 Å². The molecule has 2 heterocycles. The molecule has 3 N–H and O–H groups in total. The van der Waals surface area contributed by atoms with Gasteiger partial charge in [-0.1, -0.05) is 36.4 Å². The van der Waals surface area contributed by atoms with Crippen molar-refractivity contribution in [3.05, 3.63) is 59.7 Å². The zero-order valence-corrected chi connectivity index (χ0v) is 17.6. The molecule has 3 atom stereocenters. The van der Waals surface area contributed by atoms with E-state index in [1.807, 2.05) is 30.3 Å². The topological polar surface area (TPSA) is 91.3 Å². The fourth-order valence-electron chi connectivity index (χ4n) is 4.15. The molecule has 7 nitrogen and oxygen atoms in total. The van der Waals surface area contributed by atoms with Gasteiger partial charge >= 0.3 is 0 Å². The van der Waals surface area contributed by atoms with Crippen LogP contribution < -0.4 is 14.8 Å². The van der Waals surface area contributed by atoms with Crippen LogP contribution in [0.5, 0.6) is 11.5 Å². The van der Waals surface area contributed by atoms with Gasteiger partial charge in [0, 0.05) is 13.0 Å². The van der Waals surface area contributed by atoms with Gasteiger partial charge in [0.15, 0.2) is 11.5 Å². The first-order chi connectivity index (χ1) is 15.1. The second-order valence-electron chi connectivity index (χ2n) is 8.18. The Balaban J connectivity index is 1.47. The molecule has 0 saturated carbocycles. The number of likely N-dealkylation sites (tertiary alicyclic amines) is 1. The molecule has 0 radical (unpaired) electrons. The summed E-state index contributed by atoms with van der Waals surface area (Å²) < 4.78 is 11.2. The van der Waals surface area contributed by atoms with E-state index in [1.165, 1.54) is 0 Å². The van der Waals surface area contributed by atoms with E-state index in [0.717, 1.165) is 31.5 Å². The summed E-state index contributed by atoms with van der Waals surface area (Å²) in [5, 5.41) is 24.5. The fourth-order valence-corrected chi connectivity index (χ4v) is 4.15. The molecule has 1 amide bonds. The van der Waals surface area contributed by atoms with Gasteiger partial charge in [-0.15, -0.1) is 0 Å². The molecular weight excluding hydrogens is 396 g/mol. The molecule has 2 aliphatic rings. The normalized spacial score (nSPS) is 18.9. The van der Waals surface area contributed by atoms with Crippen molar-refractivity contribution in [1.82, 2.24) is 10.2 Å². The number of nitrogens with zero attached hydrogens (tertiary/aromatic N) is 1. The average molecular weight is 427 g/mol. The number of ether oxygens (including phenoxy) is 2. The van der Waals surface area contributed by atoms with Gasteiger partial charge in [-0.2, -0.15) is 0 Å². The number of benzene rings is 2. The quantitative estimate of drug-likeness (QED) is 0.595. The first-order valence-electron chi connectivity index (χ1n) is 10.9. The van der Waals surface area contributed by atoms with Crippen LogP contribution in [0.25, 0.3) is 0 Å². The van der Waals surface area contributed by atoms with Gasteiger partial charge in [-0.3, -0.25) is 4.79 Å². The standard InChI is InChI=1S/C24H30N2O5/c27-20(14-17-6-2-1-3-7-17)24(29)25-19(16-26-10-4-5-11-26)23(28)18-8-9-21-22(15-18)31-13-12-30-21/h1-3,6-9,15,19-20,23,27-28H,4-5,10-14,16H2,(H,25,29). The lowest BCUT2D eigenvalue weighted by atomic mass is 10.00. The highest BCUT2D eigenvalue weighted by Gasteiger charge is 2.29. The van der Waals surface area contributed by atoms with Crippen LogP contribution in [-0.2, 0) is 11.2 Å². The van der Waals surface area contributed by atoms with Gasteiger partial charge in [0.05, 0.1) is 6.04 Å². The largest absolute Gasteiger partial charge is 0.486 e. The lowest BCUT2D eigenvalue weighted by Gasteiger charge is -2.30. The number of hydrogen-bond donors (Lipinski definition) is 3. The molecule has 2 aliphatic heterocycles. The Morgan fingerprint density at radius 3 is 2.45 bits per heavy atom. The van der Waals surface area contributed by atoms with Crippen molar-refractivity contribution in [3.8, 4) is 11.5 Å². The summed E-state index contributed by atoms with van der Waals surface area (Å²) in [4.78, 5) is 15.0. The van der Waals surface area contributed by atoms with Gasteiger partial charge in [0.1, 0.15) is 25.4 Å². The minimum absolute atomic E-state index is 0.225. The molecule has 2 aromatic carbocycles. The highest BCUT2D eigenvalue weighted by Crippen LogP contribution is 2.33. The second kappa shape index (κ2) is 10.1. The first-order valence-corrected chi connectivity index (χ1v) is 10.9. The van der Waals surface area contributed by atoms with Crippen LogP contribution in [0.3, 0.4) is 0 Å². The molecule has 0 aromatic heterocycles. The summed E-state index contributed by atoms with van der Waals surface area (Å²) in [6.45, 7) is 3.35. The van der Waals surface area contributed by atoms with Gasteiger partial charge < -0.3 is 29.9 Å². The summed E-state index contributed by atoms with van der Waals surface area (Å²) in [5.41, 5.74) is 1.53. The SMILES string of the molecule is O=C(NC(CN1CCCC1)C(O)c1ccc2c(c1)OCCO2)C(O)Cc1ccccc1. The molecule has 2 aromatic rings. The number of amides is 1. The zero-order valence-electron chi connectivity index (χ0n) is 17.6. The minimum Gasteiger partial charge on any atom is -0.486 e. The summed E-state index contributed by atoms with van der Waals surface area (Å²) in [5.74, 6) is 0.767. The van der Waals surface area contributed by atoms with E-state index in [9.17, 15) is 15.0 Å². The smallest absolute Gasteiger partial charge is 0.249 e. The van der Waals surface area contributed by atoms with E-state index in [2.05, 4.69) is 10.2 Å². The Morgan fingerprint density at radius 1 is 1.00 bits per heavy atom. The number of aliphatic hydroxyl groups is 2. The van der Waals surface area contributed by atoms with E-state index in [-0.39, 0.29) is 6.42 Å². The summed E-state index contributed by atoms with van der Waals surface area (Å²) >= 11 is 0. The molecule has 0 bridgehead atoms. The molecule has 1 saturated heterocycles. The molecule has 7 heteroatoms. The van der Waals surface area contributed by atoms with E-state index in [0.29, 0.717) is 36.8 Å². The zero-order chi connectivity index (χ0) is 21.6. The van der Waals surface area contributed by atoms with Crippen molar-refractivity contribution in [2.24, 2.45) is 0 Å². The third-order valence-corrected chi connectivity index (χ3v) is 5.84. The number of hydrogen-bond acceptors (Lipinski definition) is 6. The molecular formula is C24H30N2O5. The van der Waals surface area contributed by atoms with Crippen molar-refractivity contribution >= 4 is 5.91 Å². The van der Waals surface area contributed by atoms with Gasteiger partial charge in [-0.25, -0.2) is 0 Å². The van der Waals surface area contributed by atoms with Crippen molar-refractivity contribution in [3.63, 3.8) is 0 Å². The van der Waals surface area contributed by atoms with Crippen LogP contribution in [-0.4, -0.2) is 66.0 Å². The number of fused-ring (bicyclic) bond motifs is 1. The maximum Gasteiger partial charge on any atom is 0.249 e. The first kappa shape index (κ1) is 21.6. The Morgan fingerprint density at radius 2 is 1.71 bits per heavy atom. The molecule has 166 valence electrons. The number of aliphatic hydroxyl groups excluding tert-OH is 2. The van der Waals surface area contributed by atoms with Crippen LogP contribution in [0.2, 0.25) is 0 Å². The lowest BCUT2D eigenvalue weighted by Crippen LogP contribution is -2.50. The Labute approximate surface area is 182 Å². The van der Waals surface area contributed by atoms with E-state index in [4.69, 9.17) is 9.47 Å². The number of carbonyl (C=O) groups is 1. The molecule has 0 spiro atoms. The van der Waals surface area contributed by atoms with Gasteiger partial charge in [-0.05, 0) is 49.2 Å². The predicted octanol–water partition coefficient (Wildman–Crippen LogP) is 1.68. The number of carbonyl (C=O) groups excluding carboxylic acids is 1. The molecule has 3 unspecified atom stereocenters. The van der Waals surface area contributed by atoms with Crippen LogP contribution >= 0.6 is 0 Å². The average Bonchev–Trinajstić information content (AvgIpc) is 3.31. The van der Waals surface area contributed by atoms with Crippen LogP contribution in [0.1, 0.15) is 30.1 Å². The summed E-state index contributed by atoms with van der Waals surface area (Å²) in [6.07, 6.45) is 0.318. The van der Waals surface area contributed by atoms with Crippen LogP contribution in [0.15, 0.2) is 48.5 Å². The predicted molar refractivity (Wildman–Crippen MR) is 116 cm³/mol. The number of nitrogens with one attached hydrogen (secondary N) is 1. The lowest BCUT2D eigenvalue weighted by molar-refractivity contribution is -0.131. The third kappa shape index (κ3) is 5.55. The monoisotopic (exact) mass is 426 g/mol. The Bertz CT molecular complexity index is 870. The van der Waals surface area contributed by atoms with E-state index in [1.54, 1.807) is 18.2 Å². The van der Waals surface area contributed by atoms with Crippen molar-refractivity contribution in [1.29, 1.82) is 0 Å². The molecule has 1 fully saturated rings. The van der Waals surface area contributed by atoms with Crippen molar-refractivity contribution < 1.29 is 24.5 Å². The molecule has 31 heavy (non-hydrogen) atoms. The van der Waals surface area contributed by atoms with Crippen LogP contribution in [0.4, 0.5) is 0 Å². The number of rotatable bonds is 8. The molecule has 0 aliphatic carbocycles. The van der Waals surface area contributed by atoms with E-state index < -0.39 is 24.2 Å². The highest BCUT2D eigenvalue weighted by molar-refractivity contribution is 5.81. The summed E-state index contributed by atoms with van der Waals surface area (Å²) in [7, 11) is 0. The van der Waals surface area contributed by atoms with Gasteiger partial charge in [0.25, 0.3) is 0 Å². The summed E-state index contributed by atoms with van der Waals surface area (Å²) in [6, 6.07) is 14.2. The third-order valence-electron chi connectivity index (χ3n) is 5.84. The fraction of sp³-hybridized carbons (Fsp3) is 0.458. The minimum atomic E-state index is -1.18. The molecule has 4 rings (SSSR count). The van der Waals surface area contributed by atoms with E-state index >= 15 is 0 Å². The maximum absolute atomic E-state index is 12.8. The van der Waals surface area contributed by atoms with Crippen molar-refractivity contribution in [2.45, 2.75) is 37.5 Å². The Kier molecular flexibility index (Phi) is 7.06.